The van der Waals surface area contributed by atoms with Crippen molar-refractivity contribution < 1.29 is 9.53 Å². The summed E-state index contributed by atoms with van der Waals surface area (Å²) in [6.07, 6.45) is 4.33. The molecule has 2 aromatic rings. The molecule has 1 aliphatic rings. The van der Waals surface area contributed by atoms with E-state index in [-0.39, 0.29) is 5.91 Å². The van der Waals surface area contributed by atoms with Crippen molar-refractivity contribution in [3.63, 3.8) is 0 Å². The number of hydrogen-bond donors (Lipinski definition) is 2. The Hall–Kier alpha value is -2.47. The fourth-order valence-electron chi connectivity index (χ4n) is 2.31. The zero-order valence-electron chi connectivity index (χ0n) is 12.2. The fraction of sp³-hybridized carbons (Fsp3) is 0.312. The second-order valence-electron chi connectivity index (χ2n) is 5.22. The summed E-state index contributed by atoms with van der Waals surface area (Å²) in [5.74, 6) is 0.843. The van der Waals surface area contributed by atoms with Crippen LogP contribution in [0, 0.1) is 5.92 Å². The summed E-state index contributed by atoms with van der Waals surface area (Å²) in [5, 5.41) is 6.03. The van der Waals surface area contributed by atoms with Crippen LogP contribution in [-0.4, -0.2) is 35.6 Å². The predicted octanol–water partition coefficient (Wildman–Crippen LogP) is 1.99. The summed E-state index contributed by atoms with van der Waals surface area (Å²) in [4.78, 5) is 20.4. The number of carbonyl (C=O) groups is 1. The van der Waals surface area contributed by atoms with E-state index in [4.69, 9.17) is 4.74 Å². The van der Waals surface area contributed by atoms with Gasteiger partial charge in [-0.2, -0.15) is 0 Å². The fourth-order valence-corrected chi connectivity index (χ4v) is 2.31. The van der Waals surface area contributed by atoms with Crippen LogP contribution in [0.25, 0.3) is 0 Å². The number of aromatic nitrogens is 2. The van der Waals surface area contributed by atoms with Crippen molar-refractivity contribution in [1.29, 1.82) is 0 Å². The van der Waals surface area contributed by atoms with Crippen molar-refractivity contribution in [1.82, 2.24) is 15.3 Å². The molecule has 0 aliphatic carbocycles. The number of anilines is 2. The lowest BCUT2D eigenvalue weighted by atomic mass is 10.1. The molecule has 2 heterocycles. The molecule has 1 aromatic heterocycles. The van der Waals surface area contributed by atoms with Gasteiger partial charge in [-0.15, -0.1) is 0 Å². The van der Waals surface area contributed by atoms with Crippen molar-refractivity contribution in [2.75, 3.05) is 25.1 Å². The van der Waals surface area contributed by atoms with E-state index in [1.54, 1.807) is 30.6 Å². The molecule has 114 valence electrons. The molecule has 6 heteroatoms. The molecule has 2 N–H and O–H groups in total. The van der Waals surface area contributed by atoms with E-state index in [9.17, 15) is 4.79 Å². The zero-order chi connectivity index (χ0) is 15.2. The number of amides is 1. The van der Waals surface area contributed by atoms with Crippen LogP contribution in [0.4, 0.5) is 11.6 Å². The van der Waals surface area contributed by atoms with Gasteiger partial charge in [0.05, 0.1) is 6.61 Å². The summed E-state index contributed by atoms with van der Waals surface area (Å²) in [7, 11) is 0. The second kappa shape index (κ2) is 7.00. The van der Waals surface area contributed by atoms with E-state index in [1.165, 1.54) is 0 Å². The van der Waals surface area contributed by atoms with E-state index in [2.05, 4.69) is 20.6 Å². The lowest BCUT2D eigenvalue weighted by Crippen LogP contribution is -2.29. The van der Waals surface area contributed by atoms with Crippen molar-refractivity contribution in [2.24, 2.45) is 5.92 Å². The molecular formula is C16H18N4O2. The van der Waals surface area contributed by atoms with Crippen LogP contribution >= 0.6 is 0 Å². The summed E-state index contributed by atoms with van der Waals surface area (Å²) in [6.45, 7) is 2.17. The van der Waals surface area contributed by atoms with E-state index in [0.29, 0.717) is 24.0 Å². The first-order valence-corrected chi connectivity index (χ1v) is 7.31. The number of nitrogens with one attached hydrogen (secondary N) is 2. The number of benzene rings is 1. The number of rotatable bonds is 5. The van der Waals surface area contributed by atoms with Crippen LogP contribution in [0.3, 0.4) is 0 Å². The largest absolute Gasteiger partial charge is 0.381 e. The molecule has 1 amide bonds. The first-order chi connectivity index (χ1) is 10.8. The molecule has 1 fully saturated rings. The molecular weight excluding hydrogens is 280 g/mol. The Balaban J connectivity index is 1.61. The minimum Gasteiger partial charge on any atom is -0.381 e. The van der Waals surface area contributed by atoms with Crippen molar-refractivity contribution in [2.45, 2.75) is 6.42 Å². The number of nitrogens with zero attached hydrogens (tertiary/aromatic N) is 2. The van der Waals surface area contributed by atoms with Gasteiger partial charge in [0, 0.05) is 42.7 Å². The van der Waals surface area contributed by atoms with Crippen molar-refractivity contribution >= 4 is 17.5 Å². The van der Waals surface area contributed by atoms with Gasteiger partial charge >= 0.3 is 0 Å². The van der Waals surface area contributed by atoms with Crippen LogP contribution in [0.1, 0.15) is 16.8 Å². The molecule has 1 aliphatic heterocycles. The van der Waals surface area contributed by atoms with Gasteiger partial charge in [0.2, 0.25) is 5.95 Å². The average Bonchev–Trinajstić information content (AvgIpc) is 3.07. The summed E-state index contributed by atoms with van der Waals surface area (Å²) in [6, 6.07) is 9.03. The molecule has 1 saturated heterocycles. The molecule has 0 saturated carbocycles. The van der Waals surface area contributed by atoms with Gasteiger partial charge in [-0.3, -0.25) is 4.79 Å². The Bertz CT molecular complexity index is 627. The molecule has 1 aromatic carbocycles. The van der Waals surface area contributed by atoms with Crippen LogP contribution < -0.4 is 10.6 Å². The Labute approximate surface area is 128 Å². The lowest BCUT2D eigenvalue weighted by molar-refractivity contribution is 0.0945. The van der Waals surface area contributed by atoms with Gasteiger partial charge < -0.3 is 15.4 Å². The van der Waals surface area contributed by atoms with Crippen molar-refractivity contribution in [3.8, 4) is 0 Å². The Morgan fingerprint density at radius 1 is 1.27 bits per heavy atom. The molecule has 0 radical (unpaired) electrons. The van der Waals surface area contributed by atoms with E-state index >= 15 is 0 Å². The highest BCUT2D eigenvalue weighted by atomic mass is 16.5. The molecule has 0 bridgehead atoms. The number of carbonyl (C=O) groups excluding carboxylic acids is 1. The highest BCUT2D eigenvalue weighted by Crippen LogP contribution is 2.15. The van der Waals surface area contributed by atoms with E-state index in [0.717, 1.165) is 25.3 Å². The summed E-state index contributed by atoms with van der Waals surface area (Å²) < 4.78 is 5.31. The van der Waals surface area contributed by atoms with E-state index < -0.39 is 0 Å². The normalized spacial score (nSPS) is 17.2. The van der Waals surface area contributed by atoms with Crippen molar-refractivity contribution in [3.05, 3.63) is 48.3 Å². The third-order valence-corrected chi connectivity index (χ3v) is 3.52. The second-order valence-corrected chi connectivity index (χ2v) is 5.22. The average molecular weight is 298 g/mol. The van der Waals surface area contributed by atoms with Crippen LogP contribution in [0.2, 0.25) is 0 Å². The van der Waals surface area contributed by atoms with Crippen LogP contribution in [-0.2, 0) is 4.74 Å². The SMILES string of the molecule is O=C(NC[C@H]1CCOC1)c1cccc(Nc2ncccn2)c1. The standard InChI is InChI=1S/C16H18N4O2/c21-15(19-10-12-5-8-22-11-12)13-3-1-4-14(9-13)20-16-17-6-2-7-18-16/h1-4,6-7,9,12H,5,8,10-11H2,(H,19,21)(H,17,18,20)/t12-/m1/s1. The highest BCUT2D eigenvalue weighted by Gasteiger charge is 2.16. The predicted molar refractivity (Wildman–Crippen MR) is 83.0 cm³/mol. The Morgan fingerprint density at radius 2 is 2.14 bits per heavy atom. The van der Waals surface area contributed by atoms with E-state index in [1.807, 2.05) is 12.1 Å². The minimum atomic E-state index is -0.0791. The lowest BCUT2D eigenvalue weighted by Gasteiger charge is -2.10. The van der Waals surface area contributed by atoms with Gasteiger partial charge in [-0.25, -0.2) is 9.97 Å². The quantitative estimate of drug-likeness (QED) is 0.883. The van der Waals surface area contributed by atoms with Gasteiger partial charge in [-0.05, 0) is 30.7 Å². The van der Waals surface area contributed by atoms with Crippen LogP contribution in [0.15, 0.2) is 42.7 Å². The monoisotopic (exact) mass is 298 g/mol. The Morgan fingerprint density at radius 3 is 2.91 bits per heavy atom. The molecule has 22 heavy (non-hydrogen) atoms. The molecule has 6 nitrogen and oxygen atoms in total. The topological polar surface area (TPSA) is 76.1 Å². The van der Waals surface area contributed by atoms with Gasteiger partial charge in [-0.1, -0.05) is 6.07 Å². The van der Waals surface area contributed by atoms with Gasteiger partial charge in [0.25, 0.3) is 5.91 Å². The van der Waals surface area contributed by atoms with Gasteiger partial charge in [0.1, 0.15) is 0 Å². The summed E-state index contributed by atoms with van der Waals surface area (Å²) >= 11 is 0. The van der Waals surface area contributed by atoms with Crippen LogP contribution in [0.5, 0.6) is 0 Å². The first kappa shape index (κ1) is 14.5. The highest BCUT2D eigenvalue weighted by molar-refractivity contribution is 5.95. The first-order valence-electron chi connectivity index (χ1n) is 7.31. The Kier molecular flexibility index (Phi) is 4.60. The molecule has 3 rings (SSSR count). The zero-order valence-corrected chi connectivity index (χ0v) is 12.2. The number of ether oxygens (including phenoxy) is 1. The molecule has 1 atom stereocenters. The summed E-state index contributed by atoms with van der Waals surface area (Å²) in [5.41, 5.74) is 1.39. The maximum atomic E-state index is 12.2. The number of hydrogen-bond acceptors (Lipinski definition) is 5. The molecule has 0 unspecified atom stereocenters. The minimum absolute atomic E-state index is 0.0791. The maximum Gasteiger partial charge on any atom is 0.251 e. The third kappa shape index (κ3) is 3.79. The smallest absolute Gasteiger partial charge is 0.251 e. The molecule has 0 spiro atoms. The third-order valence-electron chi connectivity index (χ3n) is 3.52. The van der Waals surface area contributed by atoms with Gasteiger partial charge in [0.15, 0.2) is 0 Å². The maximum absolute atomic E-state index is 12.2.